The van der Waals surface area contributed by atoms with Gasteiger partial charge in [0.1, 0.15) is 5.56 Å². The Morgan fingerprint density at radius 3 is 2.93 bits per heavy atom. The monoisotopic (exact) mass is 257 g/mol. The second-order valence-electron chi connectivity index (χ2n) is 2.79. The number of nitrogens with one attached hydrogen (secondary N) is 1. The second kappa shape index (κ2) is 3.09. The molecule has 3 nitrogen and oxygen atoms in total. The van der Waals surface area contributed by atoms with Crippen molar-refractivity contribution in [3.05, 3.63) is 34.2 Å². The molecular formula is C9H5BrFNO2. The third-order valence-corrected chi connectivity index (χ3v) is 2.53. The molecule has 2 aromatic rings. The standard InChI is InChI=1S/C9H5BrFNO2/c10-5-3-4-1-2-12-8(4)6(7(5)11)9(13)14/h1-3,12H,(H,13,14). The molecule has 0 aliphatic carbocycles. The van der Waals surface area contributed by atoms with Gasteiger partial charge in [-0.05, 0) is 28.1 Å². The maximum Gasteiger partial charge on any atom is 0.340 e. The molecule has 0 saturated carbocycles. The van der Waals surface area contributed by atoms with Crippen LogP contribution in [0.4, 0.5) is 4.39 Å². The first kappa shape index (κ1) is 9.21. The summed E-state index contributed by atoms with van der Waals surface area (Å²) in [6, 6.07) is 3.22. The molecule has 2 N–H and O–H groups in total. The molecule has 1 aromatic carbocycles. The summed E-state index contributed by atoms with van der Waals surface area (Å²) in [5, 5.41) is 9.49. The van der Waals surface area contributed by atoms with Gasteiger partial charge >= 0.3 is 5.97 Å². The molecule has 0 aliphatic rings. The van der Waals surface area contributed by atoms with Crippen LogP contribution in [0.1, 0.15) is 10.4 Å². The molecular weight excluding hydrogens is 253 g/mol. The van der Waals surface area contributed by atoms with Crippen molar-refractivity contribution in [2.45, 2.75) is 0 Å². The third kappa shape index (κ3) is 1.21. The fourth-order valence-electron chi connectivity index (χ4n) is 1.35. The molecule has 0 amide bonds. The van der Waals surface area contributed by atoms with Crippen LogP contribution in [-0.4, -0.2) is 16.1 Å². The average molecular weight is 258 g/mol. The van der Waals surface area contributed by atoms with Crippen LogP contribution in [0.15, 0.2) is 22.8 Å². The Hall–Kier alpha value is -1.36. The number of hydrogen-bond acceptors (Lipinski definition) is 1. The average Bonchev–Trinajstić information content (AvgIpc) is 2.52. The van der Waals surface area contributed by atoms with E-state index in [1.807, 2.05) is 0 Å². The van der Waals surface area contributed by atoms with E-state index < -0.39 is 11.8 Å². The van der Waals surface area contributed by atoms with E-state index in [4.69, 9.17) is 5.11 Å². The lowest BCUT2D eigenvalue weighted by Gasteiger charge is -2.01. The molecule has 5 heteroatoms. The van der Waals surface area contributed by atoms with Gasteiger partial charge in [-0.1, -0.05) is 0 Å². The van der Waals surface area contributed by atoms with E-state index in [0.717, 1.165) is 0 Å². The summed E-state index contributed by atoms with van der Waals surface area (Å²) in [6.07, 6.45) is 1.57. The van der Waals surface area contributed by atoms with Gasteiger partial charge in [-0.2, -0.15) is 0 Å². The molecule has 0 spiro atoms. The molecule has 0 radical (unpaired) electrons. The lowest BCUT2D eigenvalue weighted by atomic mass is 10.1. The Morgan fingerprint density at radius 2 is 2.29 bits per heavy atom. The summed E-state index contributed by atoms with van der Waals surface area (Å²) in [5.74, 6) is -2.04. The fraction of sp³-hybridized carbons (Fsp3) is 0. The number of carbonyl (C=O) groups is 1. The van der Waals surface area contributed by atoms with E-state index >= 15 is 0 Å². The Kier molecular flexibility index (Phi) is 2.03. The zero-order chi connectivity index (χ0) is 10.3. The minimum absolute atomic E-state index is 0.155. The summed E-state index contributed by atoms with van der Waals surface area (Å²) in [5.41, 5.74) is -0.0300. The maximum atomic E-state index is 13.4. The van der Waals surface area contributed by atoms with E-state index in [2.05, 4.69) is 20.9 Å². The largest absolute Gasteiger partial charge is 0.478 e. The van der Waals surface area contributed by atoms with Crippen molar-refractivity contribution in [3.63, 3.8) is 0 Å². The molecule has 0 fully saturated rings. The highest BCUT2D eigenvalue weighted by Gasteiger charge is 2.18. The summed E-state index contributed by atoms with van der Waals surface area (Å²) in [7, 11) is 0. The predicted molar refractivity (Wildman–Crippen MR) is 52.9 cm³/mol. The number of aromatic amines is 1. The van der Waals surface area contributed by atoms with E-state index in [-0.39, 0.29) is 10.0 Å². The van der Waals surface area contributed by atoms with Crippen LogP contribution < -0.4 is 0 Å². The lowest BCUT2D eigenvalue weighted by Crippen LogP contribution is -2.02. The number of rotatable bonds is 1. The highest BCUT2D eigenvalue weighted by Crippen LogP contribution is 2.27. The van der Waals surface area contributed by atoms with Crippen LogP contribution in [0.3, 0.4) is 0 Å². The number of aromatic carboxylic acids is 1. The highest BCUT2D eigenvalue weighted by molar-refractivity contribution is 9.10. The molecule has 0 unspecified atom stereocenters. The number of H-pyrrole nitrogens is 1. The molecule has 0 aliphatic heterocycles. The molecule has 72 valence electrons. The van der Waals surface area contributed by atoms with Crippen molar-refractivity contribution in [2.75, 3.05) is 0 Å². The van der Waals surface area contributed by atoms with Crippen molar-refractivity contribution in [3.8, 4) is 0 Å². The van der Waals surface area contributed by atoms with Crippen LogP contribution >= 0.6 is 15.9 Å². The topological polar surface area (TPSA) is 53.1 Å². The number of halogens is 2. The summed E-state index contributed by atoms with van der Waals surface area (Å²) in [4.78, 5) is 13.5. The number of benzene rings is 1. The Morgan fingerprint density at radius 1 is 1.57 bits per heavy atom. The van der Waals surface area contributed by atoms with E-state index in [1.165, 1.54) is 6.07 Å². The molecule has 1 heterocycles. The number of aromatic nitrogens is 1. The van der Waals surface area contributed by atoms with Crippen molar-refractivity contribution in [1.29, 1.82) is 0 Å². The zero-order valence-electron chi connectivity index (χ0n) is 6.84. The molecule has 2 rings (SSSR count). The fourth-order valence-corrected chi connectivity index (χ4v) is 1.79. The predicted octanol–water partition coefficient (Wildman–Crippen LogP) is 2.77. The molecule has 0 bridgehead atoms. The van der Waals surface area contributed by atoms with Crippen molar-refractivity contribution in [1.82, 2.24) is 4.98 Å². The van der Waals surface area contributed by atoms with Gasteiger partial charge < -0.3 is 10.1 Å². The van der Waals surface area contributed by atoms with Crippen LogP contribution in [0.25, 0.3) is 10.9 Å². The van der Waals surface area contributed by atoms with Gasteiger partial charge in [0.2, 0.25) is 0 Å². The molecule has 14 heavy (non-hydrogen) atoms. The third-order valence-electron chi connectivity index (χ3n) is 1.95. The highest BCUT2D eigenvalue weighted by atomic mass is 79.9. The summed E-state index contributed by atoms with van der Waals surface area (Å²) >= 11 is 2.97. The van der Waals surface area contributed by atoms with Gasteiger partial charge in [-0.25, -0.2) is 9.18 Å². The van der Waals surface area contributed by atoms with Crippen molar-refractivity contribution < 1.29 is 14.3 Å². The van der Waals surface area contributed by atoms with Crippen molar-refractivity contribution in [2.24, 2.45) is 0 Å². The molecule has 1 aromatic heterocycles. The molecule has 0 saturated heterocycles. The van der Waals surface area contributed by atoms with Gasteiger partial charge in [0, 0.05) is 11.6 Å². The molecule has 0 atom stereocenters. The van der Waals surface area contributed by atoms with E-state index in [1.54, 1.807) is 12.3 Å². The van der Waals surface area contributed by atoms with Crippen LogP contribution in [0, 0.1) is 5.82 Å². The van der Waals surface area contributed by atoms with Gasteiger partial charge in [0.25, 0.3) is 0 Å². The summed E-state index contributed by atoms with van der Waals surface area (Å²) < 4.78 is 13.6. The smallest absolute Gasteiger partial charge is 0.340 e. The SMILES string of the molecule is O=C(O)c1c(F)c(Br)cc2cc[nH]c12. The van der Waals surface area contributed by atoms with E-state index in [0.29, 0.717) is 10.9 Å². The van der Waals surface area contributed by atoms with Crippen molar-refractivity contribution >= 4 is 32.8 Å². The normalized spacial score (nSPS) is 10.7. The van der Waals surface area contributed by atoms with Gasteiger partial charge in [0.05, 0.1) is 9.99 Å². The van der Waals surface area contributed by atoms with Crippen LogP contribution in [0.2, 0.25) is 0 Å². The van der Waals surface area contributed by atoms with Crippen LogP contribution in [-0.2, 0) is 0 Å². The van der Waals surface area contributed by atoms with Crippen LogP contribution in [0.5, 0.6) is 0 Å². The summed E-state index contributed by atoms with van der Waals surface area (Å²) in [6.45, 7) is 0. The van der Waals surface area contributed by atoms with Gasteiger partial charge in [-0.15, -0.1) is 0 Å². The Bertz CT molecular complexity index is 521. The maximum absolute atomic E-state index is 13.4. The lowest BCUT2D eigenvalue weighted by molar-refractivity contribution is 0.0694. The Labute approximate surface area is 86.7 Å². The number of carboxylic acid groups (broad SMARTS) is 1. The van der Waals surface area contributed by atoms with E-state index in [9.17, 15) is 9.18 Å². The zero-order valence-corrected chi connectivity index (χ0v) is 8.43. The number of carboxylic acids is 1. The first-order valence-corrected chi connectivity index (χ1v) is 4.59. The number of fused-ring (bicyclic) bond motifs is 1. The number of hydrogen-bond donors (Lipinski definition) is 2. The minimum Gasteiger partial charge on any atom is -0.478 e. The quantitative estimate of drug-likeness (QED) is 0.826. The first-order valence-electron chi connectivity index (χ1n) is 3.79. The van der Waals surface area contributed by atoms with Gasteiger partial charge in [-0.3, -0.25) is 0 Å². The Balaban J connectivity index is 2.93. The first-order chi connectivity index (χ1) is 6.61. The van der Waals surface area contributed by atoms with Gasteiger partial charge in [0.15, 0.2) is 5.82 Å². The second-order valence-corrected chi connectivity index (χ2v) is 3.65. The minimum atomic E-state index is -1.28.